The van der Waals surface area contributed by atoms with Crippen LogP contribution in [-0.2, 0) is 17.9 Å². The van der Waals surface area contributed by atoms with Gasteiger partial charge in [0.15, 0.2) is 0 Å². The summed E-state index contributed by atoms with van der Waals surface area (Å²) in [4.78, 5) is 4.12. The smallest absolute Gasteiger partial charge is 0.123 e. The summed E-state index contributed by atoms with van der Waals surface area (Å²) < 4.78 is 22.4. The number of halogens is 2. The van der Waals surface area contributed by atoms with Crippen LogP contribution >= 0.6 is 15.9 Å². The van der Waals surface area contributed by atoms with E-state index in [2.05, 4.69) is 57.3 Å². The fourth-order valence-corrected chi connectivity index (χ4v) is 3.41. The van der Waals surface area contributed by atoms with Gasteiger partial charge in [-0.25, -0.2) is 9.37 Å². The second-order valence-electron chi connectivity index (χ2n) is 6.81. The summed E-state index contributed by atoms with van der Waals surface area (Å²) in [6, 6.07) is 23.1. The summed E-state index contributed by atoms with van der Waals surface area (Å²) in [5.41, 5.74) is 4.34. The highest BCUT2D eigenvalue weighted by Gasteiger charge is 2.14. The lowest BCUT2D eigenvalue weighted by molar-refractivity contribution is 0.0279. The monoisotopic (exact) mass is 450 g/mol. The average Bonchev–Trinajstić information content (AvgIpc) is 3.26. The zero-order valence-electron chi connectivity index (χ0n) is 15.7. The SMILES string of the molecule is Fc1ccc(COC(Cn2ccnc2)c2ccc(-c3ccc(Br)cc3)cc2)cc1. The minimum absolute atomic E-state index is 0.145. The molecular formula is C24H20BrFN2O. The number of nitrogens with zero attached hydrogens (tertiary/aromatic N) is 2. The second kappa shape index (κ2) is 9.16. The predicted molar refractivity (Wildman–Crippen MR) is 116 cm³/mol. The number of ether oxygens (including phenoxy) is 1. The average molecular weight is 451 g/mol. The Balaban J connectivity index is 1.53. The molecule has 3 aromatic carbocycles. The molecular weight excluding hydrogens is 431 g/mol. The molecule has 0 amide bonds. The lowest BCUT2D eigenvalue weighted by Gasteiger charge is -2.19. The number of rotatable bonds is 7. The van der Waals surface area contributed by atoms with Gasteiger partial charge in [-0.3, -0.25) is 0 Å². The fourth-order valence-electron chi connectivity index (χ4n) is 3.15. The van der Waals surface area contributed by atoms with Gasteiger partial charge in [-0.15, -0.1) is 0 Å². The van der Waals surface area contributed by atoms with Crippen molar-refractivity contribution in [2.75, 3.05) is 0 Å². The standard InChI is InChI=1S/C24H20BrFN2O/c25-22-9-7-20(8-10-22)19-3-5-21(6-4-19)24(15-28-14-13-27-17-28)29-16-18-1-11-23(26)12-2-18/h1-14,17,24H,15-16H2. The summed E-state index contributed by atoms with van der Waals surface area (Å²) in [5, 5.41) is 0. The Labute approximate surface area is 177 Å². The Kier molecular flexibility index (Phi) is 6.17. The largest absolute Gasteiger partial charge is 0.367 e. The van der Waals surface area contributed by atoms with E-state index in [1.54, 1.807) is 24.7 Å². The lowest BCUT2D eigenvalue weighted by Crippen LogP contribution is -2.12. The van der Waals surface area contributed by atoms with Crippen LogP contribution in [0.25, 0.3) is 11.1 Å². The topological polar surface area (TPSA) is 27.1 Å². The zero-order valence-corrected chi connectivity index (χ0v) is 17.3. The van der Waals surface area contributed by atoms with Crippen molar-refractivity contribution in [2.24, 2.45) is 0 Å². The van der Waals surface area contributed by atoms with Crippen LogP contribution in [0.2, 0.25) is 0 Å². The number of hydrogen-bond donors (Lipinski definition) is 0. The van der Waals surface area contributed by atoms with Crippen LogP contribution in [0.4, 0.5) is 4.39 Å². The van der Waals surface area contributed by atoms with E-state index in [4.69, 9.17) is 4.74 Å². The highest BCUT2D eigenvalue weighted by atomic mass is 79.9. The summed E-state index contributed by atoms with van der Waals surface area (Å²) >= 11 is 3.47. The Morgan fingerprint density at radius 1 is 0.897 bits per heavy atom. The molecule has 0 aliphatic carbocycles. The van der Waals surface area contributed by atoms with Gasteiger partial charge < -0.3 is 9.30 Å². The van der Waals surface area contributed by atoms with Crippen LogP contribution in [0.5, 0.6) is 0 Å². The number of benzene rings is 3. The van der Waals surface area contributed by atoms with Crippen molar-refractivity contribution in [3.63, 3.8) is 0 Å². The molecule has 4 rings (SSSR count). The number of aromatic nitrogens is 2. The minimum Gasteiger partial charge on any atom is -0.367 e. The molecule has 146 valence electrons. The third kappa shape index (κ3) is 5.19. The van der Waals surface area contributed by atoms with Crippen molar-refractivity contribution in [3.05, 3.63) is 113 Å². The molecule has 0 fully saturated rings. The third-order valence-corrected chi connectivity index (χ3v) is 5.29. The van der Waals surface area contributed by atoms with Crippen LogP contribution in [0.1, 0.15) is 17.2 Å². The van der Waals surface area contributed by atoms with Crippen molar-refractivity contribution in [1.82, 2.24) is 9.55 Å². The molecule has 0 bridgehead atoms. The Bertz CT molecular complexity index is 1030. The van der Waals surface area contributed by atoms with Gasteiger partial charge >= 0.3 is 0 Å². The summed E-state index contributed by atoms with van der Waals surface area (Å²) in [6.45, 7) is 1.06. The second-order valence-corrected chi connectivity index (χ2v) is 7.73. The van der Waals surface area contributed by atoms with E-state index in [1.807, 2.05) is 22.9 Å². The molecule has 1 unspecified atom stereocenters. The van der Waals surface area contributed by atoms with E-state index in [1.165, 1.54) is 12.1 Å². The van der Waals surface area contributed by atoms with E-state index >= 15 is 0 Å². The zero-order chi connectivity index (χ0) is 20.1. The van der Waals surface area contributed by atoms with Crippen molar-refractivity contribution >= 4 is 15.9 Å². The van der Waals surface area contributed by atoms with Crippen molar-refractivity contribution in [1.29, 1.82) is 0 Å². The van der Waals surface area contributed by atoms with Gasteiger partial charge in [0.05, 0.1) is 19.5 Å². The van der Waals surface area contributed by atoms with Crippen LogP contribution in [0, 0.1) is 5.82 Å². The molecule has 0 N–H and O–H groups in total. The van der Waals surface area contributed by atoms with Crippen LogP contribution in [-0.4, -0.2) is 9.55 Å². The molecule has 0 radical (unpaired) electrons. The molecule has 0 saturated heterocycles. The molecule has 1 heterocycles. The van der Waals surface area contributed by atoms with Crippen molar-refractivity contribution < 1.29 is 9.13 Å². The van der Waals surface area contributed by atoms with E-state index in [-0.39, 0.29) is 11.9 Å². The third-order valence-electron chi connectivity index (χ3n) is 4.76. The molecule has 0 aliphatic rings. The first-order chi connectivity index (χ1) is 14.2. The van der Waals surface area contributed by atoms with Gasteiger partial charge in [-0.05, 0) is 46.5 Å². The number of imidazole rings is 1. The van der Waals surface area contributed by atoms with Gasteiger partial charge in [0, 0.05) is 16.9 Å². The van der Waals surface area contributed by atoms with E-state index < -0.39 is 0 Å². The first-order valence-corrected chi connectivity index (χ1v) is 10.1. The molecule has 0 spiro atoms. The molecule has 3 nitrogen and oxygen atoms in total. The van der Waals surface area contributed by atoms with E-state index in [9.17, 15) is 4.39 Å². The normalized spacial score (nSPS) is 12.1. The van der Waals surface area contributed by atoms with E-state index in [0.29, 0.717) is 13.2 Å². The van der Waals surface area contributed by atoms with Crippen molar-refractivity contribution in [3.8, 4) is 11.1 Å². The molecule has 0 saturated carbocycles. The first-order valence-electron chi connectivity index (χ1n) is 9.35. The minimum atomic E-state index is -0.243. The molecule has 5 heteroatoms. The van der Waals surface area contributed by atoms with Crippen molar-refractivity contribution in [2.45, 2.75) is 19.3 Å². The maximum atomic E-state index is 13.1. The van der Waals surface area contributed by atoms with Crippen LogP contribution in [0.3, 0.4) is 0 Å². The molecule has 1 aromatic heterocycles. The van der Waals surface area contributed by atoms with Gasteiger partial charge in [-0.1, -0.05) is 64.5 Å². The highest BCUT2D eigenvalue weighted by Crippen LogP contribution is 2.26. The first kappa shape index (κ1) is 19.6. The van der Waals surface area contributed by atoms with Gasteiger partial charge in [-0.2, -0.15) is 0 Å². The Hall–Kier alpha value is -2.76. The van der Waals surface area contributed by atoms with E-state index in [0.717, 1.165) is 26.7 Å². The summed E-state index contributed by atoms with van der Waals surface area (Å²) in [7, 11) is 0. The molecule has 4 aromatic rings. The van der Waals surface area contributed by atoms with Crippen LogP contribution in [0.15, 0.2) is 96.0 Å². The summed E-state index contributed by atoms with van der Waals surface area (Å²) in [6.07, 6.45) is 5.32. The van der Waals surface area contributed by atoms with Gasteiger partial charge in [0.1, 0.15) is 11.9 Å². The van der Waals surface area contributed by atoms with Gasteiger partial charge in [0.25, 0.3) is 0 Å². The molecule has 0 aliphatic heterocycles. The highest BCUT2D eigenvalue weighted by molar-refractivity contribution is 9.10. The Morgan fingerprint density at radius 3 is 2.17 bits per heavy atom. The Morgan fingerprint density at radius 2 is 1.55 bits per heavy atom. The maximum Gasteiger partial charge on any atom is 0.123 e. The molecule has 29 heavy (non-hydrogen) atoms. The molecule has 1 atom stereocenters. The quantitative estimate of drug-likeness (QED) is 0.325. The maximum absolute atomic E-state index is 13.1. The van der Waals surface area contributed by atoms with Gasteiger partial charge in [0.2, 0.25) is 0 Å². The fraction of sp³-hybridized carbons (Fsp3) is 0.125. The van der Waals surface area contributed by atoms with Crippen LogP contribution < -0.4 is 0 Å². The summed E-state index contributed by atoms with van der Waals surface area (Å²) in [5.74, 6) is -0.243. The lowest BCUT2D eigenvalue weighted by atomic mass is 10.0. The number of hydrogen-bond acceptors (Lipinski definition) is 2. The predicted octanol–water partition coefficient (Wildman–Crippen LogP) is 6.41.